The Bertz CT molecular complexity index is 1150. The fourth-order valence-electron chi connectivity index (χ4n) is 3.43. The molecular weight excluding hydrogens is 500 g/mol. The van der Waals surface area contributed by atoms with E-state index >= 15 is 0 Å². The van der Waals surface area contributed by atoms with Crippen LogP contribution in [0.4, 0.5) is 14.5 Å². The minimum Gasteiger partial charge on any atom is -0.354 e. The van der Waals surface area contributed by atoms with Gasteiger partial charge in [0.2, 0.25) is 21.8 Å². The van der Waals surface area contributed by atoms with Crippen molar-refractivity contribution in [3.8, 4) is 0 Å². The molecule has 0 fully saturated rings. The van der Waals surface area contributed by atoms with Crippen LogP contribution in [0.2, 0.25) is 5.02 Å². The van der Waals surface area contributed by atoms with Gasteiger partial charge in [0.05, 0.1) is 11.9 Å². The highest BCUT2D eigenvalue weighted by Gasteiger charge is 2.27. The normalized spacial score (nSPS) is 12.2. The molecule has 0 aliphatic heterocycles. The van der Waals surface area contributed by atoms with Gasteiger partial charge >= 0.3 is 0 Å². The van der Waals surface area contributed by atoms with Crippen LogP contribution < -0.4 is 9.62 Å². The van der Waals surface area contributed by atoms with Crippen LogP contribution in [0.25, 0.3) is 0 Å². The summed E-state index contributed by atoms with van der Waals surface area (Å²) in [5.74, 6) is -2.96. The molecule has 0 aromatic heterocycles. The fraction of sp³-hybridized carbons (Fsp3) is 0.417. The number of halogens is 3. The summed E-state index contributed by atoms with van der Waals surface area (Å²) in [7, 11) is -3.82. The number of rotatable bonds is 12. The van der Waals surface area contributed by atoms with Crippen molar-refractivity contribution in [1.82, 2.24) is 10.2 Å². The Hall–Kier alpha value is -2.72. The minimum atomic E-state index is -3.82. The number of nitrogens with one attached hydrogen (secondary N) is 1. The lowest BCUT2D eigenvalue weighted by molar-refractivity contribution is -0.140. The second kappa shape index (κ2) is 12.8. The van der Waals surface area contributed by atoms with Crippen molar-refractivity contribution >= 4 is 39.1 Å². The lowest BCUT2D eigenvalue weighted by Gasteiger charge is -2.29. The third kappa shape index (κ3) is 8.17. The fourth-order valence-corrected chi connectivity index (χ4v) is 4.59. The van der Waals surface area contributed by atoms with Crippen LogP contribution in [-0.4, -0.2) is 50.5 Å². The molecular formula is C24H30ClF2N3O4S. The van der Waals surface area contributed by atoms with E-state index in [0.717, 1.165) is 35.2 Å². The summed E-state index contributed by atoms with van der Waals surface area (Å²) >= 11 is 6.26. The zero-order chi connectivity index (χ0) is 26.2. The van der Waals surface area contributed by atoms with Gasteiger partial charge in [-0.15, -0.1) is 0 Å². The third-order valence-electron chi connectivity index (χ3n) is 5.36. The second-order valence-electron chi connectivity index (χ2n) is 8.12. The van der Waals surface area contributed by atoms with Crippen molar-refractivity contribution in [3.63, 3.8) is 0 Å². The first kappa shape index (κ1) is 28.5. The topological polar surface area (TPSA) is 86.8 Å². The maximum absolute atomic E-state index is 13.7. The molecule has 2 aromatic rings. The van der Waals surface area contributed by atoms with Gasteiger partial charge in [0, 0.05) is 37.1 Å². The first-order chi connectivity index (χ1) is 16.5. The largest absolute Gasteiger partial charge is 0.354 e. The van der Waals surface area contributed by atoms with E-state index in [-0.39, 0.29) is 43.4 Å². The van der Waals surface area contributed by atoms with Crippen LogP contribution in [0.3, 0.4) is 0 Å². The number of amides is 2. The summed E-state index contributed by atoms with van der Waals surface area (Å²) in [4.78, 5) is 27.2. The Balaban J connectivity index is 2.18. The number of hydrogen-bond acceptors (Lipinski definition) is 4. The third-order valence-corrected chi connectivity index (χ3v) is 6.92. The zero-order valence-electron chi connectivity index (χ0n) is 19.9. The average Bonchev–Trinajstić information content (AvgIpc) is 2.80. The molecule has 0 spiro atoms. The molecule has 1 N–H and O–H groups in total. The van der Waals surface area contributed by atoms with Crippen LogP contribution >= 0.6 is 11.6 Å². The van der Waals surface area contributed by atoms with E-state index in [1.165, 1.54) is 4.90 Å². The highest BCUT2D eigenvalue weighted by molar-refractivity contribution is 7.92. The molecule has 192 valence electrons. The van der Waals surface area contributed by atoms with Gasteiger partial charge in [-0.05, 0) is 43.5 Å². The first-order valence-corrected chi connectivity index (χ1v) is 13.4. The Morgan fingerprint density at radius 2 is 1.80 bits per heavy atom. The highest BCUT2D eigenvalue weighted by Crippen LogP contribution is 2.22. The zero-order valence-corrected chi connectivity index (χ0v) is 21.5. The van der Waals surface area contributed by atoms with E-state index in [1.54, 1.807) is 31.2 Å². The lowest BCUT2D eigenvalue weighted by atomic mass is 10.1. The SMILES string of the molecule is CCCNC(=O)C(C)N(Cc1ccccc1Cl)C(=O)CCCN(c1ccc(F)c(F)c1)S(C)(=O)=O. The summed E-state index contributed by atoms with van der Waals surface area (Å²) in [5.41, 5.74) is 0.622. The standard InChI is InChI=1S/C24H30ClF2N3O4S/c1-4-13-28-24(32)17(2)29(16-18-8-5-6-9-20(18)25)23(31)10-7-14-30(35(3,33)34)19-11-12-21(26)22(27)15-19/h5-6,8-9,11-12,15,17H,4,7,10,13-14,16H2,1-3H3,(H,28,32). The van der Waals surface area contributed by atoms with Gasteiger partial charge in [-0.2, -0.15) is 0 Å². The molecule has 35 heavy (non-hydrogen) atoms. The molecule has 0 radical (unpaired) electrons. The molecule has 0 bridgehead atoms. The van der Waals surface area contributed by atoms with Gasteiger partial charge in [0.15, 0.2) is 11.6 Å². The molecule has 0 aliphatic rings. The number of carbonyl (C=O) groups excluding carboxylic acids is 2. The molecule has 1 atom stereocenters. The van der Waals surface area contributed by atoms with Crippen molar-refractivity contribution < 1.29 is 26.8 Å². The van der Waals surface area contributed by atoms with Crippen LogP contribution in [0.5, 0.6) is 0 Å². The molecule has 2 rings (SSSR count). The predicted molar refractivity (Wildman–Crippen MR) is 133 cm³/mol. The Labute approximate surface area is 210 Å². The second-order valence-corrected chi connectivity index (χ2v) is 10.4. The molecule has 2 amide bonds. The maximum atomic E-state index is 13.7. The summed E-state index contributed by atoms with van der Waals surface area (Å²) in [6, 6.07) is 8.98. The smallest absolute Gasteiger partial charge is 0.242 e. The summed E-state index contributed by atoms with van der Waals surface area (Å²) in [5, 5.41) is 3.23. The number of hydrogen-bond donors (Lipinski definition) is 1. The van der Waals surface area contributed by atoms with Gasteiger partial charge in [-0.3, -0.25) is 13.9 Å². The molecule has 11 heteroatoms. The maximum Gasteiger partial charge on any atom is 0.242 e. The summed E-state index contributed by atoms with van der Waals surface area (Å²) in [6.45, 7) is 3.96. The Morgan fingerprint density at radius 3 is 2.40 bits per heavy atom. The molecule has 2 aromatic carbocycles. The molecule has 0 heterocycles. The number of sulfonamides is 1. The number of nitrogens with zero attached hydrogens (tertiary/aromatic N) is 2. The molecule has 7 nitrogen and oxygen atoms in total. The van der Waals surface area contributed by atoms with E-state index in [1.807, 2.05) is 6.92 Å². The van der Waals surface area contributed by atoms with Crippen molar-refractivity contribution in [2.45, 2.75) is 45.7 Å². The predicted octanol–water partition coefficient (Wildman–Crippen LogP) is 4.11. The monoisotopic (exact) mass is 529 g/mol. The van der Waals surface area contributed by atoms with Crippen LogP contribution in [0, 0.1) is 11.6 Å². The van der Waals surface area contributed by atoms with Gasteiger partial charge in [-0.25, -0.2) is 17.2 Å². The van der Waals surface area contributed by atoms with Gasteiger partial charge in [-0.1, -0.05) is 36.7 Å². The van der Waals surface area contributed by atoms with Crippen molar-refractivity contribution in [1.29, 1.82) is 0 Å². The van der Waals surface area contributed by atoms with Gasteiger partial charge < -0.3 is 10.2 Å². The molecule has 0 aliphatic carbocycles. The lowest BCUT2D eigenvalue weighted by Crippen LogP contribution is -2.48. The van der Waals surface area contributed by atoms with Crippen molar-refractivity contribution in [2.75, 3.05) is 23.7 Å². The van der Waals surface area contributed by atoms with Gasteiger partial charge in [0.1, 0.15) is 6.04 Å². The van der Waals surface area contributed by atoms with Crippen molar-refractivity contribution in [2.24, 2.45) is 0 Å². The number of anilines is 1. The van der Waals surface area contributed by atoms with Gasteiger partial charge in [0.25, 0.3) is 0 Å². The van der Waals surface area contributed by atoms with Crippen LogP contribution in [-0.2, 0) is 26.2 Å². The summed E-state index contributed by atoms with van der Waals surface area (Å²) < 4.78 is 52.4. The Kier molecular flexibility index (Phi) is 10.5. The van der Waals surface area contributed by atoms with Crippen LogP contribution in [0.1, 0.15) is 38.7 Å². The minimum absolute atomic E-state index is 0.0425. The number of carbonyl (C=O) groups is 2. The molecule has 0 saturated heterocycles. The van der Waals surface area contributed by atoms with Crippen LogP contribution in [0.15, 0.2) is 42.5 Å². The van der Waals surface area contributed by atoms with E-state index in [9.17, 15) is 26.8 Å². The quantitative estimate of drug-likeness (QED) is 0.448. The average molecular weight is 530 g/mol. The van der Waals surface area contributed by atoms with E-state index in [4.69, 9.17) is 11.6 Å². The van der Waals surface area contributed by atoms with Crippen molar-refractivity contribution in [3.05, 3.63) is 64.7 Å². The summed E-state index contributed by atoms with van der Waals surface area (Å²) in [6.07, 6.45) is 1.70. The number of benzene rings is 2. The highest BCUT2D eigenvalue weighted by atomic mass is 35.5. The van der Waals surface area contributed by atoms with E-state index < -0.39 is 27.7 Å². The molecule has 0 saturated carbocycles. The first-order valence-electron chi connectivity index (χ1n) is 11.2. The van der Waals surface area contributed by atoms with E-state index in [2.05, 4.69) is 5.32 Å². The Morgan fingerprint density at radius 1 is 1.11 bits per heavy atom. The van der Waals surface area contributed by atoms with E-state index in [0.29, 0.717) is 17.1 Å². The molecule has 1 unspecified atom stereocenters.